The van der Waals surface area contributed by atoms with Crippen LogP contribution in [0.5, 0.6) is 0 Å². The number of thiophene rings is 1. The van der Waals surface area contributed by atoms with E-state index in [0.717, 1.165) is 6.42 Å². The minimum atomic E-state index is -0.000979. The van der Waals surface area contributed by atoms with Crippen molar-refractivity contribution in [3.63, 3.8) is 0 Å². The van der Waals surface area contributed by atoms with Crippen molar-refractivity contribution in [1.82, 2.24) is 0 Å². The van der Waals surface area contributed by atoms with Crippen LogP contribution in [0.15, 0.2) is 158 Å². The van der Waals surface area contributed by atoms with E-state index >= 15 is 0 Å². The monoisotopic (exact) mass is 898 g/mol. The third kappa shape index (κ3) is 6.02. The second-order valence-corrected chi connectivity index (χ2v) is 24.2. The first-order valence-corrected chi connectivity index (χ1v) is 25.7. The third-order valence-electron chi connectivity index (χ3n) is 16.8. The Kier molecular flexibility index (Phi) is 8.82. The molecule has 2 aliphatic carbocycles. The maximum absolute atomic E-state index is 2.73. The predicted molar refractivity (Wildman–Crippen MR) is 295 cm³/mol. The fourth-order valence-electron chi connectivity index (χ4n) is 13.5. The molecular weight excluding hydrogens is 840 g/mol. The normalized spacial score (nSPS) is 17.7. The van der Waals surface area contributed by atoms with Crippen LogP contribution in [0.25, 0.3) is 42.4 Å². The fraction of sp³-hybridized carbons (Fsp3) is 0.250. The molecule has 1 aromatic heterocycles. The molecule has 9 aromatic rings. The lowest BCUT2D eigenvalue weighted by Gasteiger charge is -2.47. The average Bonchev–Trinajstić information content (AvgIpc) is 3.78. The van der Waals surface area contributed by atoms with Gasteiger partial charge in [0.05, 0.1) is 5.69 Å². The summed E-state index contributed by atoms with van der Waals surface area (Å²) in [5.74, 6) is 0. The molecule has 4 aliphatic rings. The Bertz CT molecular complexity index is 3580. The summed E-state index contributed by atoms with van der Waals surface area (Å²) in [6.07, 6.45) is 3.47. The quantitative estimate of drug-likeness (QED) is 0.162. The zero-order chi connectivity index (χ0) is 46.6. The van der Waals surface area contributed by atoms with Gasteiger partial charge in [0.1, 0.15) is 0 Å². The van der Waals surface area contributed by atoms with Crippen LogP contribution in [0.4, 0.5) is 34.1 Å². The molecule has 13 rings (SSSR count). The van der Waals surface area contributed by atoms with Crippen LogP contribution in [0.2, 0.25) is 0 Å². The smallest absolute Gasteiger partial charge is 0.252 e. The molecule has 0 bridgehead atoms. The highest BCUT2D eigenvalue weighted by Gasteiger charge is 2.49. The van der Waals surface area contributed by atoms with Crippen LogP contribution in [0, 0.1) is 6.92 Å². The second-order valence-electron chi connectivity index (χ2n) is 23.1. The molecule has 2 nitrogen and oxygen atoms in total. The topological polar surface area (TPSA) is 6.48 Å². The molecule has 0 spiro atoms. The van der Waals surface area contributed by atoms with Gasteiger partial charge in [0.2, 0.25) is 0 Å². The fourth-order valence-corrected chi connectivity index (χ4v) is 14.6. The van der Waals surface area contributed by atoms with E-state index in [1.165, 1.54) is 134 Å². The zero-order valence-corrected chi connectivity index (χ0v) is 41.8. The van der Waals surface area contributed by atoms with E-state index in [1.807, 2.05) is 11.3 Å². The van der Waals surface area contributed by atoms with E-state index in [9.17, 15) is 0 Å². The first-order valence-electron chi connectivity index (χ1n) is 24.9. The Morgan fingerprint density at radius 3 is 1.65 bits per heavy atom. The number of rotatable bonds is 4. The molecule has 68 heavy (non-hydrogen) atoms. The molecule has 0 amide bonds. The van der Waals surface area contributed by atoms with Crippen molar-refractivity contribution < 1.29 is 0 Å². The number of fused-ring (bicyclic) bond motifs is 9. The molecule has 0 saturated carbocycles. The summed E-state index contributed by atoms with van der Waals surface area (Å²) in [6.45, 7) is 22.2. The maximum atomic E-state index is 2.73. The van der Waals surface area contributed by atoms with E-state index in [0.29, 0.717) is 0 Å². The SMILES string of the molecule is Cc1cc2c(cc1N1c3cc4c(cc3B3c5cc6sc7ccccc7c6cc5N(c5ccccc5-c5ccccc5)c5cc(-c6ccccc6)cc1c53)C(C)(C)CC4(C)C)C(C)(C)CCC2(C)C. The number of nitrogens with zero attached hydrogens (tertiary/aromatic N) is 2. The Hall–Kier alpha value is -6.36. The van der Waals surface area contributed by atoms with Gasteiger partial charge in [-0.1, -0.05) is 165 Å². The van der Waals surface area contributed by atoms with Gasteiger partial charge in [-0.15, -0.1) is 11.3 Å². The lowest BCUT2D eigenvalue weighted by molar-refractivity contribution is 0.332. The molecule has 0 N–H and O–H groups in total. The summed E-state index contributed by atoms with van der Waals surface area (Å²) in [4.78, 5) is 5.39. The Morgan fingerprint density at radius 2 is 0.941 bits per heavy atom. The molecular formula is C64H59BN2S. The van der Waals surface area contributed by atoms with Crippen LogP contribution in [0.3, 0.4) is 0 Å². The van der Waals surface area contributed by atoms with Crippen molar-refractivity contribution in [2.75, 3.05) is 9.80 Å². The Morgan fingerprint density at radius 1 is 0.412 bits per heavy atom. The number of hydrogen-bond acceptors (Lipinski definition) is 3. The van der Waals surface area contributed by atoms with Gasteiger partial charge < -0.3 is 9.80 Å². The van der Waals surface area contributed by atoms with Gasteiger partial charge in [-0.3, -0.25) is 0 Å². The van der Waals surface area contributed by atoms with Crippen molar-refractivity contribution in [2.45, 2.75) is 103 Å². The molecule has 3 heterocycles. The summed E-state index contributed by atoms with van der Waals surface area (Å²) in [5, 5.41) is 2.64. The minimum absolute atomic E-state index is 0.000979. The highest BCUT2D eigenvalue weighted by atomic mass is 32.1. The van der Waals surface area contributed by atoms with Gasteiger partial charge >= 0.3 is 0 Å². The standard InChI is InChI=1S/C64H59BN2S/c1-39-30-46-48(62(4,5)29-28-61(46,2)3)35-53(39)67-55-36-49-47(63(6,7)38-64(49,8)9)34-50(55)65-51-37-59-45(44-25-17-19-27-58(44)68-59)33-54(51)66(52-26-18-16-24-43(52)41-22-14-11-15-23-41)56-31-42(32-57(67)60(56)65)40-20-12-10-13-21-40/h10-27,30-37H,28-29,38H2,1-9H3. The van der Waals surface area contributed by atoms with Crippen molar-refractivity contribution in [2.24, 2.45) is 0 Å². The van der Waals surface area contributed by atoms with Crippen molar-refractivity contribution in [1.29, 1.82) is 0 Å². The first-order chi connectivity index (χ1) is 32.6. The third-order valence-corrected chi connectivity index (χ3v) is 17.9. The van der Waals surface area contributed by atoms with Crippen LogP contribution in [-0.4, -0.2) is 6.71 Å². The van der Waals surface area contributed by atoms with Crippen LogP contribution in [0.1, 0.15) is 102 Å². The molecule has 8 aromatic carbocycles. The van der Waals surface area contributed by atoms with E-state index in [2.05, 4.69) is 230 Å². The summed E-state index contributed by atoms with van der Waals surface area (Å²) in [6, 6.07) is 60.9. The molecule has 0 unspecified atom stereocenters. The Labute approximate surface area is 407 Å². The average molecular weight is 899 g/mol. The molecule has 2 aliphatic heterocycles. The number of anilines is 6. The van der Waals surface area contributed by atoms with Gasteiger partial charge in [-0.25, -0.2) is 0 Å². The van der Waals surface area contributed by atoms with E-state index in [-0.39, 0.29) is 28.4 Å². The number of hydrogen-bond donors (Lipinski definition) is 0. The Balaban J connectivity index is 1.21. The molecule has 4 heteroatoms. The van der Waals surface area contributed by atoms with Gasteiger partial charge in [0.15, 0.2) is 0 Å². The van der Waals surface area contributed by atoms with E-state index in [1.54, 1.807) is 0 Å². The largest absolute Gasteiger partial charge is 0.311 e. The first kappa shape index (κ1) is 41.8. The summed E-state index contributed by atoms with van der Waals surface area (Å²) >= 11 is 1.93. The predicted octanol–water partition coefficient (Wildman–Crippen LogP) is 16.1. The minimum Gasteiger partial charge on any atom is -0.311 e. The number of benzene rings is 8. The molecule has 0 saturated heterocycles. The van der Waals surface area contributed by atoms with Crippen LogP contribution in [-0.2, 0) is 21.7 Å². The van der Waals surface area contributed by atoms with Crippen molar-refractivity contribution >= 4 is 88.7 Å². The van der Waals surface area contributed by atoms with Gasteiger partial charge in [-0.2, -0.15) is 0 Å². The number of para-hydroxylation sites is 1. The summed E-state index contributed by atoms with van der Waals surface area (Å²) in [7, 11) is 0. The van der Waals surface area contributed by atoms with Gasteiger partial charge in [0.25, 0.3) is 6.71 Å². The zero-order valence-electron chi connectivity index (χ0n) is 41.0. The number of aryl methyl sites for hydroxylation is 1. The highest BCUT2D eigenvalue weighted by molar-refractivity contribution is 7.26. The van der Waals surface area contributed by atoms with Crippen LogP contribution < -0.4 is 26.2 Å². The second kappa shape index (κ2) is 14.3. The van der Waals surface area contributed by atoms with E-state index in [4.69, 9.17) is 0 Å². The lowest BCUT2D eigenvalue weighted by atomic mass is 9.33. The lowest BCUT2D eigenvalue weighted by Crippen LogP contribution is -2.61. The van der Waals surface area contributed by atoms with Gasteiger partial charge in [0, 0.05) is 54.2 Å². The van der Waals surface area contributed by atoms with Gasteiger partial charge in [-0.05, 0) is 157 Å². The molecule has 0 radical (unpaired) electrons. The molecule has 0 fully saturated rings. The molecule has 334 valence electrons. The van der Waals surface area contributed by atoms with E-state index < -0.39 is 0 Å². The van der Waals surface area contributed by atoms with Crippen LogP contribution >= 0.6 is 11.3 Å². The summed E-state index contributed by atoms with van der Waals surface area (Å²) < 4.78 is 2.67. The molecule has 0 atom stereocenters. The maximum Gasteiger partial charge on any atom is 0.252 e. The van der Waals surface area contributed by atoms with Crippen molar-refractivity contribution in [3.05, 3.63) is 186 Å². The summed E-state index contributed by atoms with van der Waals surface area (Å²) in [5.41, 5.74) is 24.1. The highest BCUT2D eigenvalue weighted by Crippen LogP contribution is 2.55. The van der Waals surface area contributed by atoms with Crippen molar-refractivity contribution in [3.8, 4) is 22.3 Å².